The summed E-state index contributed by atoms with van der Waals surface area (Å²) in [6.07, 6.45) is 1.81. The van der Waals surface area contributed by atoms with Crippen molar-refractivity contribution in [3.63, 3.8) is 0 Å². The Bertz CT molecular complexity index is 925. The van der Waals surface area contributed by atoms with E-state index in [1.54, 1.807) is 24.3 Å². The molecule has 2 aromatic rings. The van der Waals surface area contributed by atoms with Crippen LogP contribution in [0.2, 0.25) is 5.02 Å². The topological polar surface area (TPSA) is 78.9 Å². The van der Waals surface area contributed by atoms with Crippen LogP contribution in [0.4, 0.5) is 5.69 Å². The summed E-state index contributed by atoms with van der Waals surface area (Å²) in [7, 11) is 0. The van der Waals surface area contributed by atoms with E-state index in [0.717, 1.165) is 11.3 Å². The van der Waals surface area contributed by atoms with Gasteiger partial charge in [0, 0.05) is 24.0 Å². The standard InChI is InChI=1S/C22H23ClN2O4/c23-17-5-6-20-15(12-17)11-16(13-29-20)22(28)25-9-7-14(8-10-25)21(27)24-18-3-1-2-4-19(18)26/h1-6,12,14,16,26H,7-11,13H2,(H,24,27)/t16-/m0/s1. The predicted molar refractivity (Wildman–Crippen MR) is 110 cm³/mol. The highest BCUT2D eigenvalue weighted by molar-refractivity contribution is 6.30. The summed E-state index contributed by atoms with van der Waals surface area (Å²) in [5.41, 5.74) is 1.37. The number of fused-ring (bicyclic) bond motifs is 1. The summed E-state index contributed by atoms with van der Waals surface area (Å²) in [6, 6.07) is 12.1. The number of nitrogens with one attached hydrogen (secondary N) is 1. The summed E-state index contributed by atoms with van der Waals surface area (Å²) in [4.78, 5) is 27.3. The lowest BCUT2D eigenvalue weighted by Gasteiger charge is -2.35. The van der Waals surface area contributed by atoms with Crippen molar-refractivity contribution in [2.24, 2.45) is 11.8 Å². The molecule has 4 rings (SSSR count). The number of hydrogen-bond acceptors (Lipinski definition) is 4. The van der Waals surface area contributed by atoms with Crippen molar-refractivity contribution in [1.29, 1.82) is 0 Å². The number of halogens is 1. The number of phenols is 1. The van der Waals surface area contributed by atoms with Gasteiger partial charge in [0.25, 0.3) is 0 Å². The van der Waals surface area contributed by atoms with Crippen LogP contribution in [-0.4, -0.2) is 41.5 Å². The second kappa shape index (κ2) is 8.33. The molecule has 2 N–H and O–H groups in total. The van der Waals surface area contributed by atoms with Gasteiger partial charge in [-0.25, -0.2) is 0 Å². The molecule has 1 atom stereocenters. The minimum absolute atomic E-state index is 0.0474. The lowest BCUT2D eigenvalue weighted by molar-refractivity contribution is -0.139. The molecule has 2 aliphatic rings. The van der Waals surface area contributed by atoms with Crippen molar-refractivity contribution in [3.05, 3.63) is 53.1 Å². The van der Waals surface area contributed by atoms with Crippen LogP contribution < -0.4 is 10.1 Å². The highest BCUT2D eigenvalue weighted by Crippen LogP contribution is 2.31. The van der Waals surface area contributed by atoms with Gasteiger partial charge in [0.15, 0.2) is 0 Å². The number of aromatic hydroxyl groups is 1. The van der Waals surface area contributed by atoms with Gasteiger partial charge in [-0.15, -0.1) is 0 Å². The van der Waals surface area contributed by atoms with Crippen LogP contribution in [0.15, 0.2) is 42.5 Å². The van der Waals surface area contributed by atoms with Crippen molar-refractivity contribution in [1.82, 2.24) is 4.90 Å². The zero-order valence-electron chi connectivity index (χ0n) is 15.9. The van der Waals surface area contributed by atoms with Crippen molar-refractivity contribution >= 4 is 29.1 Å². The summed E-state index contributed by atoms with van der Waals surface area (Å²) in [6.45, 7) is 1.44. The molecule has 1 saturated heterocycles. The third kappa shape index (κ3) is 4.32. The Kier molecular flexibility index (Phi) is 5.62. The van der Waals surface area contributed by atoms with Gasteiger partial charge < -0.3 is 20.1 Å². The summed E-state index contributed by atoms with van der Waals surface area (Å²) in [5, 5.41) is 13.2. The van der Waals surface area contributed by atoms with E-state index in [2.05, 4.69) is 5.32 Å². The van der Waals surface area contributed by atoms with Crippen LogP contribution >= 0.6 is 11.6 Å². The molecular formula is C22H23ClN2O4. The maximum absolute atomic E-state index is 12.9. The molecule has 6 nitrogen and oxygen atoms in total. The molecule has 0 spiro atoms. The van der Waals surface area contributed by atoms with Crippen LogP contribution in [0.3, 0.4) is 0 Å². The van der Waals surface area contributed by atoms with E-state index in [9.17, 15) is 14.7 Å². The SMILES string of the molecule is O=C(Nc1ccccc1O)C1CCN(C(=O)[C@@H]2COc3ccc(Cl)cc3C2)CC1. The molecule has 7 heteroatoms. The Hall–Kier alpha value is -2.73. The number of phenolic OH excluding ortho intramolecular Hbond substituents is 1. The van der Waals surface area contributed by atoms with E-state index < -0.39 is 0 Å². The van der Waals surface area contributed by atoms with Crippen molar-refractivity contribution < 1.29 is 19.4 Å². The largest absolute Gasteiger partial charge is 0.506 e. The van der Waals surface area contributed by atoms with Gasteiger partial charge in [0.05, 0.1) is 11.6 Å². The Morgan fingerprint density at radius 3 is 2.62 bits per heavy atom. The lowest BCUT2D eigenvalue weighted by atomic mass is 9.92. The normalized spacial score (nSPS) is 19.2. The molecule has 0 saturated carbocycles. The number of nitrogens with zero attached hydrogens (tertiary/aromatic N) is 1. The number of rotatable bonds is 3. The van der Waals surface area contributed by atoms with Gasteiger partial charge in [0.1, 0.15) is 18.1 Å². The monoisotopic (exact) mass is 414 g/mol. The fourth-order valence-electron chi connectivity index (χ4n) is 3.96. The maximum atomic E-state index is 12.9. The highest BCUT2D eigenvalue weighted by atomic mass is 35.5. The van der Waals surface area contributed by atoms with E-state index in [1.165, 1.54) is 6.07 Å². The third-order valence-corrected chi connectivity index (χ3v) is 5.85. The zero-order chi connectivity index (χ0) is 20.4. The molecule has 2 heterocycles. The number of carbonyl (C=O) groups is 2. The van der Waals surface area contributed by atoms with Crippen LogP contribution in [0.5, 0.6) is 11.5 Å². The van der Waals surface area contributed by atoms with Gasteiger partial charge >= 0.3 is 0 Å². The predicted octanol–water partition coefficient (Wildman–Crippen LogP) is 3.47. The summed E-state index contributed by atoms with van der Waals surface area (Å²) >= 11 is 6.06. The molecule has 2 aromatic carbocycles. The van der Waals surface area contributed by atoms with Crippen LogP contribution in [0, 0.1) is 11.8 Å². The number of likely N-dealkylation sites (tertiary alicyclic amines) is 1. The number of anilines is 1. The molecule has 2 amide bonds. The fraction of sp³-hybridized carbons (Fsp3) is 0.364. The smallest absolute Gasteiger partial charge is 0.229 e. The number of amides is 2. The minimum Gasteiger partial charge on any atom is -0.506 e. The number of piperidine rings is 1. The van der Waals surface area contributed by atoms with Crippen molar-refractivity contribution in [3.8, 4) is 11.5 Å². The maximum Gasteiger partial charge on any atom is 0.229 e. The lowest BCUT2D eigenvalue weighted by Crippen LogP contribution is -2.46. The second-order valence-corrected chi connectivity index (χ2v) is 8.01. The molecule has 29 heavy (non-hydrogen) atoms. The van der Waals surface area contributed by atoms with E-state index in [1.807, 2.05) is 17.0 Å². The van der Waals surface area contributed by atoms with Crippen LogP contribution in [0.25, 0.3) is 0 Å². The summed E-state index contributed by atoms with van der Waals surface area (Å²) in [5.74, 6) is 0.371. The van der Waals surface area contributed by atoms with E-state index >= 15 is 0 Å². The van der Waals surface area contributed by atoms with Gasteiger partial charge in [-0.2, -0.15) is 0 Å². The van der Waals surface area contributed by atoms with E-state index in [0.29, 0.717) is 49.7 Å². The summed E-state index contributed by atoms with van der Waals surface area (Å²) < 4.78 is 5.75. The van der Waals surface area contributed by atoms with Gasteiger partial charge in [0.2, 0.25) is 11.8 Å². The average molecular weight is 415 g/mol. The molecule has 0 bridgehead atoms. The number of benzene rings is 2. The van der Waals surface area contributed by atoms with Crippen molar-refractivity contribution in [2.45, 2.75) is 19.3 Å². The molecule has 0 radical (unpaired) electrons. The van der Waals surface area contributed by atoms with E-state index in [-0.39, 0.29) is 29.4 Å². The molecule has 0 aliphatic carbocycles. The average Bonchev–Trinajstić information content (AvgIpc) is 2.74. The van der Waals surface area contributed by atoms with Crippen molar-refractivity contribution in [2.75, 3.05) is 25.0 Å². The quantitative estimate of drug-likeness (QED) is 0.754. The Balaban J connectivity index is 1.32. The number of para-hydroxylation sites is 2. The Morgan fingerprint density at radius 2 is 1.86 bits per heavy atom. The zero-order valence-corrected chi connectivity index (χ0v) is 16.7. The fourth-order valence-corrected chi connectivity index (χ4v) is 4.15. The first-order chi connectivity index (χ1) is 14.0. The second-order valence-electron chi connectivity index (χ2n) is 7.57. The Labute approximate surface area is 174 Å². The van der Waals surface area contributed by atoms with Gasteiger partial charge in [-0.1, -0.05) is 23.7 Å². The first kappa shape index (κ1) is 19.6. The number of hydrogen-bond donors (Lipinski definition) is 2. The van der Waals surface area contributed by atoms with E-state index in [4.69, 9.17) is 16.3 Å². The minimum atomic E-state index is -0.229. The molecular weight excluding hydrogens is 392 g/mol. The first-order valence-corrected chi connectivity index (χ1v) is 10.2. The molecule has 0 unspecified atom stereocenters. The van der Waals surface area contributed by atoms with Crippen LogP contribution in [0.1, 0.15) is 18.4 Å². The highest BCUT2D eigenvalue weighted by Gasteiger charge is 2.33. The number of ether oxygens (including phenoxy) is 1. The van der Waals surface area contributed by atoms with Gasteiger partial charge in [-0.3, -0.25) is 9.59 Å². The first-order valence-electron chi connectivity index (χ1n) is 9.80. The number of carbonyl (C=O) groups excluding carboxylic acids is 2. The molecule has 152 valence electrons. The molecule has 2 aliphatic heterocycles. The molecule has 1 fully saturated rings. The van der Waals surface area contributed by atoms with Gasteiger partial charge in [-0.05, 0) is 55.2 Å². The van der Waals surface area contributed by atoms with Crippen LogP contribution in [-0.2, 0) is 16.0 Å². The molecule has 0 aromatic heterocycles. The third-order valence-electron chi connectivity index (χ3n) is 5.62. The Morgan fingerprint density at radius 1 is 1.10 bits per heavy atom.